The normalized spacial score (nSPS) is 10.5. The van der Waals surface area contributed by atoms with Crippen molar-refractivity contribution in [2.75, 3.05) is 13.1 Å². The Kier molecular flexibility index (Phi) is 8.97. The molecule has 0 atom stereocenters. The molecule has 0 saturated heterocycles. The third-order valence-electron chi connectivity index (χ3n) is 6.19. The molecule has 3 aromatic carbocycles. The molecular weight excluding hydrogens is 478 g/mol. The fourth-order valence-electron chi connectivity index (χ4n) is 4.23. The number of nitrogens with zero attached hydrogens (tertiary/aromatic N) is 2. The molecule has 1 heterocycles. The lowest BCUT2D eigenvalue weighted by Crippen LogP contribution is -2.35. The molecule has 0 aliphatic rings. The number of carbonyl (C=O) groups is 3. The standard InChI is InChI=1S/C31H29N3O4/c35-29(36)17-20-34(19-16-23-9-2-1-3-10-23)31(38)28-15-7-5-13-26(28)25-12-4-6-14-27(25)30(37)33-22-24-11-8-18-32-21-24/h1-15,18,21H,16-17,19-20,22H2,(H,33,37)(H,35,36). The molecule has 192 valence electrons. The summed E-state index contributed by atoms with van der Waals surface area (Å²) in [6, 6.07) is 27.7. The molecule has 0 aliphatic heterocycles. The van der Waals surface area contributed by atoms with Crippen LogP contribution < -0.4 is 5.32 Å². The summed E-state index contributed by atoms with van der Waals surface area (Å²) in [5.41, 5.74) is 4.04. The number of pyridine rings is 1. The molecular formula is C31H29N3O4. The Balaban J connectivity index is 1.61. The van der Waals surface area contributed by atoms with Crippen molar-refractivity contribution in [1.82, 2.24) is 15.2 Å². The second-order valence-corrected chi connectivity index (χ2v) is 8.81. The van der Waals surface area contributed by atoms with Crippen LogP contribution in [-0.2, 0) is 17.8 Å². The van der Waals surface area contributed by atoms with Gasteiger partial charge in [0.2, 0.25) is 0 Å². The number of benzene rings is 3. The lowest BCUT2D eigenvalue weighted by Gasteiger charge is -2.24. The van der Waals surface area contributed by atoms with Crippen LogP contribution in [0.3, 0.4) is 0 Å². The van der Waals surface area contributed by atoms with Crippen molar-refractivity contribution in [1.29, 1.82) is 0 Å². The molecule has 0 fully saturated rings. The van der Waals surface area contributed by atoms with Gasteiger partial charge >= 0.3 is 5.97 Å². The van der Waals surface area contributed by atoms with Crippen LogP contribution in [0.1, 0.15) is 38.3 Å². The highest BCUT2D eigenvalue weighted by Gasteiger charge is 2.22. The molecule has 2 amide bonds. The second-order valence-electron chi connectivity index (χ2n) is 8.81. The molecule has 4 rings (SSSR count). The van der Waals surface area contributed by atoms with Crippen LogP contribution >= 0.6 is 0 Å². The van der Waals surface area contributed by atoms with Crippen LogP contribution in [-0.4, -0.2) is 45.9 Å². The van der Waals surface area contributed by atoms with Gasteiger partial charge in [-0.1, -0.05) is 72.8 Å². The number of carboxylic acids is 1. The number of hydrogen-bond donors (Lipinski definition) is 2. The van der Waals surface area contributed by atoms with Gasteiger partial charge in [-0.2, -0.15) is 0 Å². The smallest absolute Gasteiger partial charge is 0.305 e. The molecule has 0 saturated carbocycles. The zero-order valence-electron chi connectivity index (χ0n) is 20.9. The topological polar surface area (TPSA) is 99.6 Å². The van der Waals surface area contributed by atoms with Crippen molar-refractivity contribution < 1.29 is 19.5 Å². The minimum atomic E-state index is -0.966. The van der Waals surface area contributed by atoms with Gasteiger partial charge in [-0.15, -0.1) is 0 Å². The molecule has 7 heteroatoms. The lowest BCUT2D eigenvalue weighted by atomic mass is 9.94. The number of rotatable bonds is 11. The molecule has 38 heavy (non-hydrogen) atoms. The first-order valence-electron chi connectivity index (χ1n) is 12.4. The third kappa shape index (κ3) is 6.91. The van der Waals surface area contributed by atoms with E-state index in [0.29, 0.717) is 41.8 Å². The number of carbonyl (C=O) groups excluding carboxylic acids is 2. The van der Waals surface area contributed by atoms with E-state index < -0.39 is 5.97 Å². The maximum atomic E-state index is 13.8. The van der Waals surface area contributed by atoms with E-state index in [2.05, 4.69) is 10.3 Å². The van der Waals surface area contributed by atoms with Gasteiger partial charge in [-0.3, -0.25) is 19.4 Å². The molecule has 4 aromatic rings. The van der Waals surface area contributed by atoms with Gasteiger partial charge in [-0.25, -0.2) is 0 Å². The molecule has 0 radical (unpaired) electrons. The average Bonchev–Trinajstić information content (AvgIpc) is 2.96. The molecule has 0 bridgehead atoms. The Labute approximate surface area is 221 Å². The first-order chi connectivity index (χ1) is 18.5. The third-order valence-corrected chi connectivity index (χ3v) is 6.19. The number of aromatic nitrogens is 1. The summed E-state index contributed by atoms with van der Waals surface area (Å²) in [7, 11) is 0. The summed E-state index contributed by atoms with van der Waals surface area (Å²) in [5.74, 6) is -1.51. The maximum Gasteiger partial charge on any atom is 0.305 e. The van der Waals surface area contributed by atoms with E-state index in [1.165, 1.54) is 0 Å². The van der Waals surface area contributed by atoms with Crippen LogP contribution in [0.4, 0.5) is 0 Å². The Morgan fingerprint density at radius 3 is 2.05 bits per heavy atom. The SMILES string of the molecule is O=C(O)CCN(CCc1ccccc1)C(=O)c1ccccc1-c1ccccc1C(=O)NCc1cccnc1. The van der Waals surface area contributed by atoms with Crippen molar-refractivity contribution in [2.24, 2.45) is 0 Å². The Hall–Kier alpha value is -4.78. The number of amides is 2. The second kappa shape index (κ2) is 13.0. The quantitative estimate of drug-likeness (QED) is 0.303. The van der Waals surface area contributed by atoms with Gasteiger partial charge in [0.15, 0.2) is 0 Å². The van der Waals surface area contributed by atoms with Gasteiger partial charge in [0.05, 0.1) is 6.42 Å². The van der Waals surface area contributed by atoms with E-state index in [-0.39, 0.29) is 24.8 Å². The Morgan fingerprint density at radius 1 is 0.737 bits per heavy atom. The maximum absolute atomic E-state index is 13.8. The fourth-order valence-corrected chi connectivity index (χ4v) is 4.23. The summed E-state index contributed by atoms with van der Waals surface area (Å²) >= 11 is 0. The van der Waals surface area contributed by atoms with Crippen LogP contribution in [0.25, 0.3) is 11.1 Å². The van der Waals surface area contributed by atoms with Gasteiger partial charge in [0.25, 0.3) is 11.8 Å². The molecule has 1 aromatic heterocycles. The number of hydrogen-bond acceptors (Lipinski definition) is 4. The highest BCUT2D eigenvalue weighted by atomic mass is 16.4. The van der Waals surface area contributed by atoms with Crippen molar-refractivity contribution in [3.05, 3.63) is 126 Å². The zero-order valence-corrected chi connectivity index (χ0v) is 20.9. The van der Waals surface area contributed by atoms with E-state index in [9.17, 15) is 19.5 Å². The first-order valence-corrected chi connectivity index (χ1v) is 12.4. The predicted molar refractivity (Wildman–Crippen MR) is 146 cm³/mol. The van der Waals surface area contributed by atoms with Crippen molar-refractivity contribution in [2.45, 2.75) is 19.4 Å². The summed E-state index contributed by atoms with van der Waals surface area (Å²) < 4.78 is 0. The van der Waals surface area contributed by atoms with Gasteiger partial charge < -0.3 is 15.3 Å². The Morgan fingerprint density at radius 2 is 1.37 bits per heavy atom. The van der Waals surface area contributed by atoms with Crippen LogP contribution in [0.2, 0.25) is 0 Å². The van der Waals surface area contributed by atoms with E-state index in [1.807, 2.05) is 66.7 Å². The van der Waals surface area contributed by atoms with Gasteiger partial charge in [-0.05, 0) is 46.9 Å². The first kappa shape index (κ1) is 26.3. The monoisotopic (exact) mass is 507 g/mol. The molecule has 0 aliphatic carbocycles. The minimum absolute atomic E-state index is 0.0859. The fraction of sp³-hybridized carbons (Fsp3) is 0.161. The molecule has 2 N–H and O–H groups in total. The molecule has 0 unspecified atom stereocenters. The highest BCUT2D eigenvalue weighted by molar-refractivity contribution is 6.06. The predicted octanol–water partition coefficient (Wildman–Crippen LogP) is 4.84. The summed E-state index contributed by atoms with van der Waals surface area (Å²) in [5, 5.41) is 12.2. The number of aliphatic carboxylic acids is 1. The van der Waals surface area contributed by atoms with Crippen molar-refractivity contribution >= 4 is 17.8 Å². The lowest BCUT2D eigenvalue weighted by molar-refractivity contribution is -0.137. The number of nitrogens with one attached hydrogen (secondary N) is 1. The zero-order chi connectivity index (χ0) is 26.7. The Bertz CT molecular complexity index is 1390. The summed E-state index contributed by atoms with van der Waals surface area (Å²) in [6.07, 6.45) is 3.81. The molecule has 0 spiro atoms. The van der Waals surface area contributed by atoms with Crippen molar-refractivity contribution in [3.63, 3.8) is 0 Å². The largest absolute Gasteiger partial charge is 0.481 e. The summed E-state index contributed by atoms with van der Waals surface area (Å²) in [4.78, 5) is 43.9. The summed E-state index contributed by atoms with van der Waals surface area (Å²) in [6.45, 7) is 0.782. The van der Waals surface area contributed by atoms with E-state index >= 15 is 0 Å². The molecule has 7 nitrogen and oxygen atoms in total. The number of carboxylic acid groups (broad SMARTS) is 1. The van der Waals surface area contributed by atoms with Gasteiger partial charge in [0.1, 0.15) is 0 Å². The van der Waals surface area contributed by atoms with Crippen LogP contribution in [0, 0.1) is 0 Å². The van der Waals surface area contributed by atoms with E-state index in [4.69, 9.17) is 0 Å². The van der Waals surface area contributed by atoms with Gasteiger partial charge in [0, 0.05) is 43.2 Å². The van der Waals surface area contributed by atoms with Crippen LogP contribution in [0.5, 0.6) is 0 Å². The highest BCUT2D eigenvalue weighted by Crippen LogP contribution is 2.28. The van der Waals surface area contributed by atoms with E-state index in [0.717, 1.165) is 11.1 Å². The van der Waals surface area contributed by atoms with E-state index in [1.54, 1.807) is 41.6 Å². The minimum Gasteiger partial charge on any atom is -0.481 e. The average molecular weight is 508 g/mol. The van der Waals surface area contributed by atoms with Crippen molar-refractivity contribution in [3.8, 4) is 11.1 Å². The van der Waals surface area contributed by atoms with Crippen LogP contribution in [0.15, 0.2) is 103 Å².